The van der Waals surface area contributed by atoms with Gasteiger partial charge in [-0.2, -0.15) is 5.10 Å². The van der Waals surface area contributed by atoms with Gasteiger partial charge in [0.1, 0.15) is 5.82 Å². The van der Waals surface area contributed by atoms with E-state index in [2.05, 4.69) is 29.2 Å². The number of carbonyl (C=O) groups is 2. The second-order valence-electron chi connectivity index (χ2n) is 9.10. The van der Waals surface area contributed by atoms with Crippen LogP contribution in [0.1, 0.15) is 39.3 Å². The molecule has 2 aromatic rings. The van der Waals surface area contributed by atoms with Gasteiger partial charge < -0.3 is 15.0 Å². The number of nitrogens with zero attached hydrogens (tertiary/aromatic N) is 4. The highest BCUT2D eigenvalue weighted by Gasteiger charge is 2.32. The highest BCUT2D eigenvalue weighted by molar-refractivity contribution is 6.33. The first-order valence-electron chi connectivity index (χ1n) is 10.6. The first-order chi connectivity index (χ1) is 14.7. The molecule has 0 aromatic carbocycles. The fourth-order valence-electron chi connectivity index (χ4n) is 4.26. The second kappa shape index (κ2) is 8.59. The first-order valence-corrected chi connectivity index (χ1v) is 11.0. The molecule has 0 radical (unpaired) electrons. The summed E-state index contributed by atoms with van der Waals surface area (Å²) in [7, 11) is 0. The van der Waals surface area contributed by atoms with Crippen molar-refractivity contribution in [3.63, 3.8) is 0 Å². The standard InChI is InChI=1S/C22H28ClN5O3/c1-14(29)27-6-7-31-15(12-27)4-5-21(30)26-20-8-16(18(23)11-24-20)17-10-25-28-13-22(2,3)9-19(17)28/h8,10-11,15H,4-7,9,12-13H2,1-3H3,(H,24,26,30)/t15-/m1/s1. The normalized spacial score (nSPS) is 19.9. The molecule has 0 bridgehead atoms. The molecule has 31 heavy (non-hydrogen) atoms. The second-order valence-corrected chi connectivity index (χ2v) is 9.50. The van der Waals surface area contributed by atoms with E-state index in [0.29, 0.717) is 37.0 Å². The van der Waals surface area contributed by atoms with Gasteiger partial charge in [-0.3, -0.25) is 14.3 Å². The minimum absolute atomic E-state index is 0.0330. The molecule has 2 aromatic heterocycles. The molecule has 1 saturated heterocycles. The molecule has 0 aliphatic carbocycles. The summed E-state index contributed by atoms with van der Waals surface area (Å²) in [5.74, 6) is 0.341. The minimum Gasteiger partial charge on any atom is -0.375 e. The summed E-state index contributed by atoms with van der Waals surface area (Å²) in [5.41, 5.74) is 3.11. The van der Waals surface area contributed by atoms with Gasteiger partial charge in [-0.1, -0.05) is 25.4 Å². The molecule has 4 heterocycles. The number of hydrogen-bond donors (Lipinski definition) is 1. The van der Waals surface area contributed by atoms with Crippen LogP contribution in [0.4, 0.5) is 5.82 Å². The van der Waals surface area contributed by atoms with Crippen LogP contribution >= 0.6 is 11.6 Å². The van der Waals surface area contributed by atoms with Crippen LogP contribution in [0.3, 0.4) is 0 Å². The zero-order valence-electron chi connectivity index (χ0n) is 18.2. The van der Waals surface area contributed by atoms with Crippen LogP contribution in [-0.4, -0.2) is 57.3 Å². The fraction of sp³-hybridized carbons (Fsp3) is 0.545. The number of carbonyl (C=O) groups excluding carboxylic acids is 2. The van der Waals surface area contributed by atoms with Crippen molar-refractivity contribution < 1.29 is 14.3 Å². The Balaban J connectivity index is 1.40. The number of fused-ring (bicyclic) bond motifs is 1. The van der Waals surface area contributed by atoms with Gasteiger partial charge in [0.05, 0.1) is 23.9 Å². The summed E-state index contributed by atoms with van der Waals surface area (Å²) in [5, 5.41) is 7.89. The number of amides is 2. The molecule has 2 aliphatic rings. The molecule has 0 unspecified atom stereocenters. The summed E-state index contributed by atoms with van der Waals surface area (Å²) < 4.78 is 7.71. The topological polar surface area (TPSA) is 89.4 Å². The van der Waals surface area contributed by atoms with E-state index in [9.17, 15) is 9.59 Å². The Bertz CT molecular complexity index is 1000. The van der Waals surface area contributed by atoms with E-state index < -0.39 is 0 Å². The van der Waals surface area contributed by atoms with E-state index in [1.807, 2.05) is 10.9 Å². The Morgan fingerprint density at radius 2 is 2.13 bits per heavy atom. The third-order valence-corrected chi connectivity index (χ3v) is 6.16. The van der Waals surface area contributed by atoms with Crippen molar-refractivity contribution in [2.24, 2.45) is 5.41 Å². The van der Waals surface area contributed by atoms with E-state index in [4.69, 9.17) is 16.3 Å². The van der Waals surface area contributed by atoms with Gasteiger partial charge in [-0.15, -0.1) is 0 Å². The number of halogens is 1. The number of rotatable bonds is 5. The fourth-order valence-corrected chi connectivity index (χ4v) is 4.47. The number of aromatic nitrogens is 3. The zero-order valence-corrected chi connectivity index (χ0v) is 18.9. The van der Waals surface area contributed by atoms with E-state index in [1.165, 1.54) is 0 Å². The minimum atomic E-state index is -0.148. The maximum absolute atomic E-state index is 12.5. The van der Waals surface area contributed by atoms with Crippen LogP contribution in [0, 0.1) is 5.41 Å². The van der Waals surface area contributed by atoms with E-state index in [1.54, 1.807) is 24.1 Å². The lowest BCUT2D eigenvalue weighted by molar-refractivity contribution is -0.136. The summed E-state index contributed by atoms with van der Waals surface area (Å²) in [4.78, 5) is 30.1. The number of ether oxygens (including phenoxy) is 1. The molecule has 8 nitrogen and oxygen atoms in total. The van der Waals surface area contributed by atoms with Crippen LogP contribution < -0.4 is 5.32 Å². The van der Waals surface area contributed by atoms with Crippen molar-refractivity contribution in [1.82, 2.24) is 19.7 Å². The molecule has 1 fully saturated rings. The quantitative estimate of drug-likeness (QED) is 0.763. The SMILES string of the molecule is CC(=O)N1CCO[C@H](CCC(=O)Nc2cc(-c3cnn4c3CC(C)(C)C4)c(Cl)cn2)C1. The molecule has 4 rings (SSSR count). The van der Waals surface area contributed by atoms with Gasteiger partial charge in [-0.05, 0) is 24.3 Å². The number of hydrogen-bond acceptors (Lipinski definition) is 5. The van der Waals surface area contributed by atoms with Crippen LogP contribution in [0.5, 0.6) is 0 Å². The van der Waals surface area contributed by atoms with Crippen molar-refractivity contribution in [3.8, 4) is 11.1 Å². The largest absolute Gasteiger partial charge is 0.375 e. The lowest BCUT2D eigenvalue weighted by Gasteiger charge is -2.32. The average Bonchev–Trinajstić information content (AvgIpc) is 3.23. The van der Waals surface area contributed by atoms with Gasteiger partial charge in [0.25, 0.3) is 0 Å². The van der Waals surface area contributed by atoms with Crippen LogP contribution in [0.15, 0.2) is 18.5 Å². The first kappa shape index (κ1) is 21.8. The molecule has 9 heteroatoms. The van der Waals surface area contributed by atoms with Crippen molar-refractivity contribution in [2.45, 2.75) is 52.7 Å². The van der Waals surface area contributed by atoms with Crippen molar-refractivity contribution in [2.75, 3.05) is 25.0 Å². The molecule has 1 N–H and O–H groups in total. The molecule has 2 aliphatic heterocycles. The summed E-state index contributed by atoms with van der Waals surface area (Å²) in [6.07, 6.45) is 5.01. The van der Waals surface area contributed by atoms with E-state index in [0.717, 1.165) is 29.8 Å². The molecule has 2 amide bonds. The highest BCUT2D eigenvalue weighted by Crippen LogP contribution is 2.39. The van der Waals surface area contributed by atoms with Gasteiger partial charge >= 0.3 is 0 Å². The Kier molecular flexibility index (Phi) is 6.03. The maximum atomic E-state index is 12.5. The van der Waals surface area contributed by atoms with Crippen molar-refractivity contribution in [3.05, 3.63) is 29.2 Å². The lowest BCUT2D eigenvalue weighted by atomic mass is 9.89. The van der Waals surface area contributed by atoms with Gasteiger partial charge in [-0.25, -0.2) is 4.98 Å². The van der Waals surface area contributed by atoms with Crippen LogP contribution in [-0.2, 0) is 27.3 Å². The van der Waals surface area contributed by atoms with Gasteiger partial charge in [0.15, 0.2) is 0 Å². The lowest BCUT2D eigenvalue weighted by Crippen LogP contribution is -2.44. The Morgan fingerprint density at radius 3 is 2.90 bits per heavy atom. The Hall–Kier alpha value is -2.45. The predicted octanol–water partition coefficient (Wildman–Crippen LogP) is 3.15. The van der Waals surface area contributed by atoms with Gasteiger partial charge in [0.2, 0.25) is 11.8 Å². The Labute approximate surface area is 186 Å². The number of anilines is 1. The molecule has 1 atom stereocenters. The van der Waals surface area contributed by atoms with Crippen molar-refractivity contribution in [1.29, 1.82) is 0 Å². The predicted molar refractivity (Wildman–Crippen MR) is 118 cm³/mol. The van der Waals surface area contributed by atoms with Gasteiger partial charge in [0, 0.05) is 56.0 Å². The third kappa shape index (κ3) is 4.91. The molecule has 166 valence electrons. The maximum Gasteiger partial charge on any atom is 0.225 e. The molecular formula is C22H28ClN5O3. The van der Waals surface area contributed by atoms with Crippen LogP contribution in [0.25, 0.3) is 11.1 Å². The molecule has 0 saturated carbocycles. The third-order valence-electron chi connectivity index (χ3n) is 5.86. The molecule has 0 spiro atoms. The van der Waals surface area contributed by atoms with E-state index >= 15 is 0 Å². The molecular weight excluding hydrogens is 418 g/mol. The number of pyridine rings is 1. The summed E-state index contributed by atoms with van der Waals surface area (Å²) in [6, 6.07) is 1.80. The van der Waals surface area contributed by atoms with Crippen LogP contribution in [0.2, 0.25) is 5.02 Å². The smallest absolute Gasteiger partial charge is 0.225 e. The monoisotopic (exact) mass is 445 g/mol. The highest BCUT2D eigenvalue weighted by atomic mass is 35.5. The number of nitrogens with one attached hydrogen (secondary N) is 1. The zero-order chi connectivity index (χ0) is 22.2. The van der Waals surface area contributed by atoms with Crippen molar-refractivity contribution >= 4 is 29.2 Å². The Morgan fingerprint density at radius 1 is 1.32 bits per heavy atom. The number of morpholine rings is 1. The average molecular weight is 446 g/mol. The summed E-state index contributed by atoms with van der Waals surface area (Å²) >= 11 is 6.44. The van der Waals surface area contributed by atoms with E-state index in [-0.39, 0.29) is 29.8 Å². The summed E-state index contributed by atoms with van der Waals surface area (Å²) in [6.45, 7) is 8.49.